The minimum Gasteiger partial charge on any atom is -0.480 e. The third-order valence-electron chi connectivity index (χ3n) is 6.11. The van der Waals surface area contributed by atoms with Crippen molar-refractivity contribution in [1.29, 1.82) is 0 Å². The summed E-state index contributed by atoms with van der Waals surface area (Å²) < 4.78 is 39.1. The molecule has 1 amide bonds. The Hall–Kier alpha value is -1.98. The molecule has 0 aromatic heterocycles. The Morgan fingerprint density at radius 1 is 1.29 bits per heavy atom. The number of carbonyl (C=O) groups excluding carboxylic acids is 1. The molecule has 2 aliphatic rings. The van der Waals surface area contributed by atoms with Gasteiger partial charge in [-0.2, -0.15) is 0 Å². The molecule has 3 atom stereocenters. The average Bonchev–Trinajstić information content (AvgIpc) is 3.45. The van der Waals surface area contributed by atoms with Crippen molar-refractivity contribution in [3.8, 4) is 0 Å². The Kier molecular flexibility index (Phi) is 7.47. The molecule has 1 aromatic carbocycles. The molecule has 1 N–H and O–H groups in total. The summed E-state index contributed by atoms with van der Waals surface area (Å²) in [6.07, 6.45) is -0.552. The minimum absolute atomic E-state index is 0.0489. The lowest BCUT2D eigenvalue weighted by Crippen LogP contribution is -2.47. The summed E-state index contributed by atoms with van der Waals surface area (Å²) in [6.45, 7) is 13.5. The molecular formula is C24H34F2N2O5SSi. The maximum absolute atomic E-state index is 14.9. The molecule has 3 rings (SSSR count). The Bertz CT molecular complexity index is 1040. The number of amides is 1. The molecule has 1 saturated carbocycles. The highest BCUT2D eigenvalue weighted by atomic mass is 32.2. The molecule has 1 aliphatic heterocycles. The van der Waals surface area contributed by atoms with E-state index in [0.717, 1.165) is 28.8 Å². The van der Waals surface area contributed by atoms with Crippen molar-refractivity contribution in [2.24, 2.45) is 10.9 Å². The summed E-state index contributed by atoms with van der Waals surface area (Å²) in [5.41, 5.74) is -2.27. The summed E-state index contributed by atoms with van der Waals surface area (Å²) in [4.78, 5) is 31.3. The van der Waals surface area contributed by atoms with Gasteiger partial charge < -0.3 is 14.6 Å². The second-order valence-electron chi connectivity index (χ2n) is 11.5. The van der Waals surface area contributed by atoms with Crippen LogP contribution in [0.1, 0.15) is 39.7 Å². The zero-order valence-electron chi connectivity index (χ0n) is 21.3. The smallest absolute Gasteiger partial charge is 0.418 e. The van der Waals surface area contributed by atoms with Gasteiger partial charge in [-0.05, 0) is 46.2 Å². The Balaban J connectivity index is 2.03. The second-order valence-corrected chi connectivity index (χ2v) is 18.4. The van der Waals surface area contributed by atoms with E-state index in [9.17, 15) is 23.5 Å². The molecule has 0 bridgehead atoms. The van der Waals surface area contributed by atoms with Crippen molar-refractivity contribution in [3.63, 3.8) is 0 Å². The van der Waals surface area contributed by atoms with Gasteiger partial charge in [0, 0.05) is 26.2 Å². The quantitative estimate of drug-likeness (QED) is 0.278. The number of amidine groups is 1. The summed E-state index contributed by atoms with van der Waals surface area (Å²) in [5.74, 6) is -3.79. The van der Waals surface area contributed by atoms with Crippen LogP contribution in [0.2, 0.25) is 25.7 Å². The lowest BCUT2D eigenvalue weighted by Gasteiger charge is -2.37. The summed E-state index contributed by atoms with van der Waals surface area (Å²) in [7, 11) is -1.39. The van der Waals surface area contributed by atoms with E-state index in [2.05, 4.69) is 24.6 Å². The van der Waals surface area contributed by atoms with Gasteiger partial charge in [-0.3, -0.25) is 9.79 Å². The van der Waals surface area contributed by atoms with E-state index in [0.29, 0.717) is 6.61 Å². The van der Waals surface area contributed by atoms with Crippen LogP contribution in [0.5, 0.6) is 0 Å². The number of rotatable bonds is 7. The number of carboxylic acid groups (broad SMARTS) is 1. The highest BCUT2D eigenvalue weighted by Gasteiger charge is 2.72. The van der Waals surface area contributed by atoms with Gasteiger partial charge in [-0.25, -0.2) is 18.5 Å². The molecule has 0 saturated heterocycles. The maximum atomic E-state index is 14.9. The summed E-state index contributed by atoms with van der Waals surface area (Å²) >= 11 is 0.937. The number of ether oxygens (including phenoxy) is 2. The van der Waals surface area contributed by atoms with Crippen molar-refractivity contribution < 1.29 is 33.0 Å². The largest absolute Gasteiger partial charge is 0.480 e. The van der Waals surface area contributed by atoms with Crippen molar-refractivity contribution in [2.75, 3.05) is 13.3 Å². The van der Waals surface area contributed by atoms with Crippen LogP contribution >= 0.6 is 11.8 Å². The van der Waals surface area contributed by atoms with E-state index >= 15 is 0 Å². The van der Waals surface area contributed by atoms with E-state index in [1.165, 1.54) is 12.1 Å². The number of carboxylic acids is 1. The van der Waals surface area contributed by atoms with E-state index in [-0.39, 0.29) is 23.9 Å². The summed E-state index contributed by atoms with van der Waals surface area (Å²) in [6, 6.07) is 4.64. The Morgan fingerprint density at radius 3 is 2.51 bits per heavy atom. The first kappa shape index (κ1) is 27.6. The Labute approximate surface area is 210 Å². The monoisotopic (exact) mass is 528 g/mol. The predicted molar refractivity (Wildman–Crippen MR) is 134 cm³/mol. The third-order valence-corrected chi connectivity index (χ3v) is 9.30. The van der Waals surface area contributed by atoms with E-state index in [1.54, 1.807) is 27.7 Å². The Morgan fingerprint density at radius 2 is 1.94 bits per heavy atom. The van der Waals surface area contributed by atoms with Crippen molar-refractivity contribution in [3.05, 3.63) is 35.4 Å². The molecule has 1 aromatic rings. The van der Waals surface area contributed by atoms with Gasteiger partial charge in [-0.1, -0.05) is 43.5 Å². The normalized spacial score (nSPS) is 26.0. The van der Waals surface area contributed by atoms with Crippen LogP contribution in [0.15, 0.2) is 23.2 Å². The SMILES string of the molecule is CC(C)(C)OC(=O)N(COCC[Si](C)(C)C)C1=N[C@](C)(c2cccc(F)c2F)C2C[C@]2(C(=O)O)S1. The second kappa shape index (κ2) is 9.47. The van der Waals surface area contributed by atoms with Gasteiger partial charge in [0.25, 0.3) is 0 Å². The first-order valence-corrected chi connectivity index (χ1v) is 16.1. The molecule has 1 fully saturated rings. The van der Waals surface area contributed by atoms with Crippen LogP contribution in [-0.4, -0.2) is 59.0 Å². The van der Waals surface area contributed by atoms with Gasteiger partial charge in [0.05, 0.1) is 5.54 Å². The number of fused-ring (bicyclic) bond motifs is 1. The number of hydrogen-bond acceptors (Lipinski definition) is 6. The third kappa shape index (κ3) is 5.88. The van der Waals surface area contributed by atoms with Crippen LogP contribution in [0.4, 0.5) is 13.6 Å². The first-order valence-electron chi connectivity index (χ1n) is 11.6. The summed E-state index contributed by atoms with van der Waals surface area (Å²) in [5, 5.41) is 10.1. The molecule has 1 aliphatic carbocycles. The highest BCUT2D eigenvalue weighted by molar-refractivity contribution is 8.15. The highest BCUT2D eigenvalue weighted by Crippen LogP contribution is 2.66. The number of halogens is 2. The lowest BCUT2D eigenvalue weighted by atomic mass is 9.85. The molecule has 35 heavy (non-hydrogen) atoms. The first-order chi connectivity index (χ1) is 16.0. The van der Waals surface area contributed by atoms with Gasteiger partial charge in [0.15, 0.2) is 16.8 Å². The van der Waals surface area contributed by atoms with Crippen LogP contribution in [-0.2, 0) is 19.8 Å². The van der Waals surface area contributed by atoms with Crippen LogP contribution < -0.4 is 0 Å². The van der Waals surface area contributed by atoms with Gasteiger partial charge in [0.2, 0.25) is 0 Å². The molecule has 194 valence electrons. The van der Waals surface area contributed by atoms with E-state index < -0.39 is 53.6 Å². The number of nitrogens with zero attached hydrogens (tertiary/aromatic N) is 2. The van der Waals surface area contributed by atoms with Crippen LogP contribution in [0.3, 0.4) is 0 Å². The number of carbonyl (C=O) groups is 2. The van der Waals surface area contributed by atoms with Crippen molar-refractivity contribution in [1.82, 2.24) is 4.90 Å². The number of thioether (sulfide) groups is 1. The number of aliphatic imine (C=N–C) groups is 1. The fourth-order valence-electron chi connectivity index (χ4n) is 4.05. The fourth-order valence-corrected chi connectivity index (χ4v) is 6.31. The molecule has 11 heteroatoms. The minimum atomic E-state index is -1.40. The van der Waals surface area contributed by atoms with Gasteiger partial charge >= 0.3 is 12.1 Å². The molecule has 0 spiro atoms. The lowest BCUT2D eigenvalue weighted by molar-refractivity contribution is -0.137. The number of benzene rings is 1. The number of hydrogen-bond donors (Lipinski definition) is 1. The van der Waals surface area contributed by atoms with E-state index in [4.69, 9.17) is 9.47 Å². The molecular weight excluding hydrogens is 494 g/mol. The maximum Gasteiger partial charge on any atom is 0.418 e. The molecule has 0 radical (unpaired) electrons. The van der Waals surface area contributed by atoms with Crippen molar-refractivity contribution >= 4 is 37.1 Å². The standard InChI is InChI=1S/C24H34F2N2O5SSi/c1-22(2,3)33-21(31)28(14-32-11-12-35(5,6)7)20-27-23(4,15-9-8-10-16(25)18(15)26)17-13-24(17,34-20)19(29)30/h8-10,17H,11-14H2,1-7H3,(H,29,30)/t17?,23-,24+/m1/s1. The zero-order valence-corrected chi connectivity index (χ0v) is 23.1. The zero-order chi connectivity index (χ0) is 26.4. The predicted octanol–water partition coefficient (Wildman–Crippen LogP) is 5.68. The molecule has 1 unspecified atom stereocenters. The van der Waals surface area contributed by atoms with Crippen LogP contribution in [0.25, 0.3) is 0 Å². The number of aliphatic carboxylic acids is 1. The van der Waals surface area contributed by atoms with Gasteiger partial charge in [0.1, 0.15) is 17.1 Å². The topological polar surface area (TPSA) is 88.4 Å². The average molecular weight is 529 g/mol. The van der Waals surface area contributed by atoms with Gasteiger partial charge in [-0.15, -0.1) is 0 Å². The van der Waals surface area contributed by atoms with Crippen molar-refractivity contribution in [2.45, 2.75) is 75.7 Å². The molecule has 7 nitrogen and oxygen atoms in total. The van der Waals surface area contributed by atoms with E-state index in [1.807, 2.05) is 0 Å². The fraction of sp³-hybridized carbons (Fsp3) is 0.625. The van der Waals surface area contributed by atoms with Crippen LogP contribution in [0, 0.1) is 17.6 Å². The molecule has 1 heterocycles.